The number of hydrogen-bond acceptors (Lipinski definition) is 4. The van der Waals surface area contributed by atoms with Crippen LogP contribution >= 0.6 is 0 Å². The van der Waals surface area contributed by atoms with E-state index in [4.69, 9.17) is 10.5 Å². The van der Waals surface area contributed by atoms with Crippen LogP contribution in [0.2, 0.25) is 0 Å². The van der Waals surface area contributed by atoms with Crippen LogP contribution in [-0.4, -0.2) is 14.8 Å². The molecule has 5 nitrogen and oxygen atoms in total. The van der Waals surface area contributed by atoms with Gasteiger partial charge in [0, 0.05) is 13.1 Å². The van der Waals surface area contributed by atoms with Gasteiger partial charge in [-0.25, -0.2) is 4.39 Å². The number of ether oxygens (including phenoxy) is 1. The SMILES string of the molecule is Cc1nnc(COc2ccc([C@H](C)N)cc2F)n1C. The normalized spacial score (nSPS) is 12.5. The fourth-order valence-electron chi connectivity index (χ4n) is 1.64. The van der Waals surface area contributed by atoms with E-state index in [-0.39, 0.29) is 18.4 Å². The third-order valence-electron chi connectivity index (χ3n) is 3.02. The van der Waals surface area contributed by atoms with Crippen LogP contribution in [0.15, 0.2) is 18.2 Å². The second kappa shape index (κ2) is 5.36. The molecule has 0 amide bonds. The van der Waals surface area contributed by atoms with Crippen molar-refractivity contribution in [1.29, 1.82) is 0 Å². The third-order valence-corrected chi connectivity index (χ3v) is 3.02. The van der Waals surface area contributed by atoms with Gasteiger partial charge in [0.25, 0.3) is 0 Å². The van der Waals surface area contributed by atoms with Gasteiger partial charge < -0.3 is 15.0 Å². The van der Waals surface area contributed by atoms with Crippen LogP contribution in [0.5, 0.6) is 5.75 Å². The van der Waals surface area contributed by atoms with E-state index in [1.807, 2.05) is 14.0 Å². The molecule has 2 N–H and O–H groups in total. The molecule has 0 radical (unpaired) electrons. The minimum Gasteiger partial charge on any atom is -0.483 e. The quantitative estimate of drug-likeness (QED) is 0.915. The van der Waals surface area contributed by atoms with Crippen molar-refractivity contribution in [2.75, 3.05) is 0 Å². The van der Waals surface area contributed by atoms with Gasteiger partial charge in [-0.05, 0) is 31.5 Å². The summed E-state index contributed by atoms with van der Waals surface area (Å²) in [7, 11) is 1.84. The van der Waals surface area contributed by atoms with Crippen LogP contribution in [0.4, 0.5) is 4.39 Å². The van der Waals surface area contributed by atoms with E-state index < -0.39 is 5.82 Å². The van der Waals surface area contributed by atoms with Crippen LogP contribution < -0.4 is 10.5 Å². The van der Waals surface area contributed by atoms with E-state index in [9.17, 15) is 4.39 Å². The average Bonchev–Trinajstić information content (AvgIpc) is 2.68. The highest BCUT2D eigenvalue weighted by Gasteiger charge is 2.10. The topological polar surface area (TPSA) is 66.0 Å². The van der Waals surface area contributed by atoms with Crippen molar-refractivity contribution in [3.63, 3.8) is 0 Å². The van der Waals surface area contributed by atoms with Crippen molar-refractivity contribution in [3.8, 4) is 5.75 Å². The molecule has 0 saturated carbocycles. The first-order valence-corrected chi connectivity index (χ1v) is 6.01. The summed E-state index contributed by atoms with van der Waals surface area (Å²) in [5, 5.41) is 7.86. The van der Waals surface area contributed by atoms with E-state index in [0.29, 0.717) is 5.82 Å². The molecule has 1 aromatic carbocycles. The van der Waals surface area contributed by atoms with Gasteiger partial charge in [0.05, 0.1) is 0 Å². The largest absolute Gasteiger partial charge is 0.483 e. The van der Waals surface area contributed by atoms with Crippen molar-refractivity contribution in [2.45, 2.75) is 26.5 Å². The van der Waals surface area contributed by atoms with Crippen molar-refractivity contribution in [3.05, 3.63) is 41.2 Å². The molecule has 0 fully saturated rings. The zero-order chi connectivity index (χ0) is 14.0. The molecule has 2 rings (SSSR count). The molecule has 0 aliphatic heterocycles. The number of halogens is 1. The zero-order valence-electron chi connectivity index (χ0n) is 11.2. The Bertz CT molecular complexity index is 580. The van der Waals surface area contributed by atoms with E-state index in [1.165, 1.54) is 6.07 Å². The van der Waals surface area contributed by atoms with E-state index >= 15 is 0 Å². The summed E-state index contributed by atoms with van der Waals surface area (Å²) in [6.07, 6.45) is 0. The molecule has 1 heterocycles. The number of nitrogens with zero attached hydrogens (tertiary/aromatic N) is 3. The molecule has 0 spiro atoms. The molecule has 1 aromatic heterocycles. The summed E-state index contributed by atoms with van der Waals surface area (Å²) in [6, 6.07) is 4.52. The van der Waals surface area contributed by atoms with Gasteiger partial charge >= 0.3 is 0 Å². The van der Waals surface area contributed by atoms with Crippen molar-refractivity contribution >= 4 is 0 Å². The Kier molecular flexibility index (Phi) is 3.80. The highest BCUT2D eigenvalue weighted by atomic mass is 19.1. The Balaban J connectivity index is 2.10. The lowest BCUT2D eigenvalue weighted by atomic mass is 10.1. The molecule has 1 atom stereocenters. The van der Waals surface area contributed by atoms with Gasteiger partial charge in [-0.15, -0.1) is 10.2 Å². The van der Waals surface area contributed by atoms with Gasteiger partial charge in [-0.2, -0.15) is 0 Å². The van der Waals surface area contributed by atoms with Gasteiger partial charge in [-0.3, -0.25) is 0 Å². The number of rotatable bonds is 4. The van der Waals surface area contributed by atoms with Crippen molar-refractivity contribution < 1.29 is 9.13 Å². The Morgan fingerprint density at radius 1 is 1.42 bits per heavy atom. The first-order chi connectivity index (χ1) is 8.99. The monoisotopic (exact) mass is 264 g/mol. The molecule has 0 aliphatic rings. The minimum absolute atomic E-state index is 0.172. The van der Waals surface area contributed by atoms with Crippen molar-refractivity contribution in [1.82, 2.24) is 14.8 Å². The van der Waals surface area contributed by atoms with Gasteiger partial charge in [0.15, 0.2) is 17.4 Å². The first kappa shape index (κ1) is 13.5. The van der Waals surface area contributed by atoms with Gasteiger partial charge in [-0.1, -0.05) is 6.07 Å². The molecule has 0 aliphatic carbocycles. The first-order valence-electron chi connectivity index (χ1n) is 6.01. The Hall–Kier alpha value is -1.95. The maximum Gasteiger partial charge on any atom is 0.170 e. The highest BCUT2D eigenvalue weighted by Crippen LogP contribution is 2.21. The van der Waals surface area contributed by atoms with Gasteiger partial charge in [0.2, 0.25) is 0 Å². The fourth-order valence-corrected chi connectivity index (χ4v) is 1.64. The summed E-state index contributed by atoms with van der Waals surface area (Å²) >= 11 is 0. The zero-order valence-corrected chi connectivity index (χ0v) is 11.2. The van der Waals surface area contributed by atoms with E-state index in [2.05, 4.69) is 10.2 Å². The maximum absolute atomic E-state index is 13.8. The van der Waals surface area contributed by atoms with Crippen molar-refractivity contribution in [2.24, 2.45) is 12.8 Å². The number of hydrogen-bond donors (Lipinski definition) is 1. The molecular weight excluding hydrogens is 247 g/mol. The molecular formula is C13H17FN4O. The lowest BCUT2D eigenvalue weighted by Crippen LogP contribution is -2.07. The van der Waals surface area contributed by atoms with Gasteiger partial charge in [0.1, 0.15) is 12.4 Å². The Morgan fingerprint density at radius 2 is 2.16 bits per heavy atom. The molecule has 0 unspecified atom stereocenters. The number of aromatic nitrogens is 3. The standard InChI is InChI=1S/C13H17FN4O/c1-8(15)10-4-5-12(11(14)6-10)19-7-13-17-16-9(2)18(13)3/h4-6,8H,7,15H2,1-3H3/t8-/m0/s1. The molecule has 0 bridgehead atoms. The molecule has 19 heavy (non-hydrogen) atoms. The third kappa shape index (κ3) is 2.90. The van der Waals surface area contributed by atoms with E-state index in [1.54, 1.807) is 23.6 Å². The van der Waals surface area contributed by atoms with E-state index in [0.717, 1.165) is 11.4 Å². The molecule has 102 valence electrons. The molecule has 6 heteroatoms. The number of nitrogens with two attached hydrogens (primary N) is 1. The summed E-state index contributed by atoms with van der Waals surface area (Å²) in [6.45, 7) is 3.82. The second-order valence-electron chi connectivity index (χ2n) is 4.49. The summed E-state index contributed by atoms with van der Waals surface area (Å²) in [5.41, 5.74) is 6.43. The average molecular weight is 264 g/mol. The lowest BCUT2D eigenvalue weighted by Gasteiger charge is -2.10. The van der Waals surface area contributed by atoms with Crippen LogP contribution in [0.1, 0.15) is 30.2 Å². The van der Waals surface area contributed by atoms with Crippen LogP contribution in [0.25, 0.3) is 0 Å². The molecule has 0 saturated heterocycles. The number of aryl methyl sites for hydroxylation is 1. The summed E-state index contributed by atoms with van der Waals surface area (Å²) in [4.78, 5) is 0. The van der Waals surface area contributed by atoms with Crippen LogP contribution in [-0.2, 0) is 13.7 Å². The number of benzene rings is 1. The Labute approximate surface area is 111 Å². The molecule has 2 aromatic rings. The smallest absolute Gasteiger partial charge is 0.170 e. The van der Waals surface area contributed by atoms with Crippen LogP contribution in [0.3, 0.4) is 0 Å². The summed E-state index contributed by atoms with van der Waals surface area (Å²) in [5.74, 6) is 1.19. The second-order valence-corrected chi connectivity index (χ2v) is 4.49. The summed E-state index contributed by atoms with van der Waals surface area (Å²) < 4.78 is 21.0. The lowest BCUT2D eigenvalue weighted by molar-refractivity contribution is 0.276. The minimum atomic E-state index is -0.423. The maximum atomic E-state index is 13.8. The fraction of sp³-hybridized carbons (Fsp3) is 0.385. The Morgan fingerprint density at radius 3 is 2.68 bits per heavy atom. The predicted molar refractivity (Wildman–Crippen MR) is 69.1 cm³/mol. The predicted octanol–water partition coefficient (Wildman–Crippen LogP) is 1.86. The highest BCUT2D eigenvalue weighted by molar-refractivity contribution is 5.30. The van der Waals surface area contributed by atoms with Crippen LogP contribution in [0, 0.1) is 12.7 Å².